The van der Waals surface area contributed by atoms with Gasteiger partial charge in [0.2, 0.25) is 15.9 Å². The second-order valence-corrected chi connectivity index (χ2v) is 6.44. The molecule has 0 aromatic heterocycles. The summed E-state index contributed by atoms with van der Waals surface area (Å²) in [5.41, 5.74) is 0. The van der Waals surface area contributed by atoms with Crippen LogP contribution in [-0.2, 0) is 19.6 Å². The molecule has 1 aromatic carbocycles. The van der Waals surface area contributed by atoms with Gasteiger partial charge < -0.3 is 4.74 Å². The minimum atomic E-state index is -3.94. The molecule has 9 heteroatoms. The molecule has 0 atom stereocenters. The van der Waals surface area contributed by atoms with Gasteiger partial charge in [0, 0.05) is 6.54 Å². The molecule has 0 saturated carbocycles. The van der Waals surface area contributed by atoms with Crippen LogP contribution in [0.4, 0.5) is 4.79 Å². The quantitative estimate of drug-likeness (QED) is 0.843. The lowest BCUT2D eigenvalue weighted by molar-refractivity contribution is -0.120. The van der Waals surface area contributed by atoms with Crippen molar-refractivity contribution < 1.29 is 22.7 Å². The van der Waals surface area contributed by atoms with Gasteiger partial charge >= 0.3 is 6.09 Å². The average molecular weight is 349 g/mol. The third kappa shape index (κ3) is 4.69. The number of rotatable bonds is 6. The maximum Gasteiger partial charge on any atom is 0.413 e. The van der Waals surface area contributed by atoms with Crippen molar-refractivity contribution in [3.05, 3.63) is 29.3 Å². The van der Waals surface area contributed by atoms with E-state index in [1.165, 1.54) is 18.2 Å². The van der Waals surface area contributed by atoms with Crippen LogP contribution in [0.3, 0.4) is 0 Å². The first-order chi connectivity index (χ1) is 10.3. The van der Waals surface area contributed by atoms with E-state index in [1.807, 2.05) is 5.32 Å². The number of imide groups is 1. The second kappa shape index (κ2) is 8.11. The summed E-state index contributed by atoms with van der Waals surface area (Å²) in [6.45, 7) is 2.80. The fourth-order valence-corrected chi connectivity index (χ4v) is 3.54. The highest BCUT2D eigenvalue weighted by Gasteiger charge is 2.27. The van der Waals surface area contributed by atoms with Crippen LogP contribution in [0, 0.1) is 0 Å². The van der Waals surface area contributed by atoms with Crippen molar-refractivity contribution in [1.29, 1.82) is 0 Å². The van der Waals surface area contributed by atoms with E-state index in [2.05, 4.69) is 4.74 Å². The van der Waals surface area contributed by atoms with Gasteiger partial charge in [0.05, 0.1) is 18.2 Å². The molecule has 0 spiro atoms. The number of likely N-dealkylation sites (N-methyl/N-ethyl adjacent to an activating group) is 1. The number of nitrogens with zero attached hydrogens (tertiary/aromatic N) is 1. The number of carbonyl (C=O) groups excluding carboxylic acids is 2. The van der Waals surface area contributed by atoms with Crippen molar-refractivity contribution in [2.45, 2.75) is 18.7 Å². The van der Waals surface area contributed by atoms with Crippen LogP contribution in [0.1, 0.15) is 13.8 Å². The molecule has 1 rings (SSSR count). The Bertz CT molecular complexity index is 648. The van der Waals surface area contributed by atoms with Crippen LogP contribution in [-0.4, -0.2) is 44.4 Å². The molecule has 0 aliphatic carbocycles. The van der Waals surface area contributed by atoms with Crippen molar-refractivity contribution in [3.63, 3.8) is 0 Å². The Morgan fingerprint density at radius 3 is 2.45 bits per heavy atom. The molecule has 0 heterocycles. The monoisotopic (exact) mass is 348 g/mol. The number of ether oxygens (including phenoxy) is 1. The summed E-state index contributed by atoms with van der Waals surface area (Å²) >= 11 is 5.89. The Morgan fingerprint density at radius 1 is 1.27 bits per heavy atom. The molecule has 0 aliphatic heterocycles. The number of hydrogen-bond acceptors (Lipinski definition) is 5. The largest absolute Gasteiger partial charge is 0.450 e. The number of nitrogens with one attached hydrogen (secondary N) is 1. The summed E-state index contributed by atoms with van der Waals surface area (Å²) in [6, 6.07) is 5.93. The SMILES string of the molecule is CCOC(=O)NC(=O)CN(CC)S(=O)(=O)c1ccccc1Cl. The summed E-state index contributed by atoms with van der Waals surface area (Å²) < 4.78 is 30.4. The number of carbonyl (C=O) groups is 2. The van der Waals surface area contributed by atoms with E-state index in [0.29, 0.717) is 0 Å². The maximum absolute atomic E-state index is 12.5. The Morgan fingerprint density at radius 2 is 1.91 bits per heavy atom. The van der Waals surface area contributed by atoms with Crippen molar-refractivity contribution in [3.8, 4) is 0 Å². The Labute approximate surface area is 134 Å². The zero-order valence-electron chi connectivity index (χ0n) is 12.2. The molecule has 0 unspecified atom stereocenters. The molecule has 2 amide bonds. The highest BCUT2D eigenvalue weighted by atomic mass is 35.5. The molecular formula is C13H17ClN2O5S. The minimum Gasteiger partial charge on any atom is -0.450 e. The van der Waals surface area contributed by atoms with Crippen LogP contribution in [0.5, 0.6) is 0 Å². The number of amides is 2. The van der Waals surface area contributed by atoms with Crippen LogP contribution in [0.15, 0.2) is 29.2 Å². The summed E-state index contributed by atoms with van der Waals surface area (Å²) in [5.74, 6) is -0.782. The summed E-state index contributed by atoms with van der Waals surface area (Å²) in [7, 11) is -3.94. The molecular weight excluding hydrogens is 332 g/mol. The van der Waals surface area contributed by atoms with E-state index in [9.17, 15) is 18.0 Å². The Balaban J connectivity index is 2.90. The first-order valence-corrected chi connectivity index (χ1v) is 8.36. The number of hydrogen-bond donors (Lipinski definition) is 1. The van der Waals surface area contributed by atoms with Gasteiger partial charge in [-0.25, -0.2) is 13.2 Å². The molecule has 0 aliphatic rings. The number of benzene rings is 1. The molecule has 0 saturated heterocycles. The van der Waals surface area contributed by atoms with Crippen molar-refractivity contribution in [2.24, 2.45) is 0 Å². The molecule has 0 radical (unpaired) electrons. The van der Waals surface area contributed by atoms with Crippen molar-refractivity contribution >= 4 is 33.6 Å². The highest BCUT2D eigenvalue weighted by Crippen LogP contribution is 2.23. The zero-order valence-corrected chi connectivity index (χ0v) is 13.8. The van der Waals surface area contributed by atoms with Gasteiger partial charge in [-0.05, 0) is 19.1 Å². The van der Waals surface area contributed by atoms with Crippen molar-refractivity contribution in [2.75, 3.05) is 19.7 Å². The lowest BCUT2D eigenvalue weighted by atomic mass is 10.4. The van der Waals surface area contributed by atoms with Gasteiger partial charge in [-0.1, -0.05) is 30.7 Å². The number of halogens is 1. The summed E-state index contributed by atoms with van der Waals surface area (Å²) in [4.78, 5) is 22.8. The molecule has 1 aromatic rings. The summed E-state index contributed by atoms with van der Waals surface area (Å²) in [5, 5.41) is 2.01. The molecule has 0 fully saturated rings. The molecule has 22 heavy (non-hydrogen) atoms. The first-order valence-electron chi connectivity index (χ1n) is 6.54. The maximum atomic E-state index is 12.5. The third-order valence-corrected chi connectivity index (χ3v) is 5.06. The fourth-order valence-electron chi connectivity index (χ4n) is 1.64. The lowest BCUT2D eigenvalue weighted by Gasteiger charge is -2.20. The first kappa shape index (κ1) is 18.4. The van der Waals surface area contributed by atoms with E-state index < -0.39 is 28.6 Å². The number of sulfonamides is 1. The van der Waals surface area contributed by atoms with E-state index in [4.69, 9.17) is 11.6 Å². The van der Waals surface area contributed by atoms with Crippen LogP contribution in [0.25, 0.3) is 0 Å². The highest BCUT2D eigenvalue weighted by molar-refractivity contribution is 7.89. The smallest absolute Gasteiger partial charge is 0.413 e. The van der Waals surface area contributed by atoms with Gasteiger partial charge in [-0.2, -0.15) is 4.31 Å². The topological polar surface area (TPSA) is 92.8 Å². The molecule has 7 nitrogen and oxygen atoms in total. The van der Waals surface area contributed by atoms with Gasteiger partial charge in [-0.15, -0.1) is 0 Å². The molecule has 0 bridgehead atoms. The minimum absolute atomic E-state index is 0.0454. The normalized spacial score (nSPS) is 11.3. The van der Waals surface area contributed by atoms with Crippen LogP contribution >= 0.6 is 11.6 Å². The molecule has 122 valence electrons. The third-order valence-electron chi connectivity index (χ3n) is 2.64. The van der Waals surface area contributed by atoms with Gasteiger partial charge in [0.15, 0.2) is 0 Å². The van der Waals surface area contributed by atoms with Crippen LogP contribution in [0.2, 0.25) is 5.02 Å². The van der Waals surface area contributed by atoms with Crippen LogP contribution < -0.4 is 5.32 Å². The van der Waals surface area contributed by atoms with E-state index in [-0.39, 0.29) is 23.1 Å². The number of alkyl carbamates (subject to hydrolysis) is 1. The average Bonchev–Trinajstić information content (AvgIpc) is 2.45. The predicted octanol–water partition coefficient (Wildman–Crippen LogP) is 1.62. The van der Waals surface area contributed by atoms with Gasteiger partial charge in [0.1, 0.15) is 4.90 Å². The van der Waals surface area contributed by atoms with E-state index >= 15 is 0 Å². The summed E-state index contributed by atoms with van der Waals surface area (Å²) in [6.07, 6.45) is -0.918. The predicted molar refractivity (Wildman–Crippen MR) is 81.0 cm³/mol. The van der Waals surface area contributed by atoms with Gasteiger partial charge in [0.25, 0.3) is 0 Å². The van der Waals surface area contributed by atoms with E-state index in [0.717, 1.165) is 4.31 Å². The Kier molecular flexibility index (Phi) is 6.79. The van der Waals surface area contributed by atoms with Crippen molar-refractivity contribution in [1.82, 2.24) is 9.62 Å². The standard InChI is InChI=1S/C13H17ClN2O5S/c1-3-16(9-12(17)15-13(18)21-4-2)22(19,20)11-8-6-5-7-10(11)14/h5-8H,3-4,9H2,1-2H3,(H,15,17,18). The second-order valence-electron chi connectivity index (χ2n) is 4.13. The zero-order chi connectivity index (χ0) is 16.8. The Hall–Kier alpha value is -1.64. The van der Waals surface area contributed by atoms with E-state index in [1.54, 1.807) is 19.9 Å². The fraction of sp³-hybridized carbons (Fsp3) is 0.385. The molecule has 1 N–H and O–H groups in total. The van der Waals surface area contributed by atoms with Gasteiger partial charge in [-0.3, -0.25) is 10.1 Å². The lowest BCUT2D eigenvalue weighted by Crippen LogP contribution is -2.42.